The van der Waals surface area contributed by atoms with Crippen LogP contribution in [-0.2, 0) is 6.42 Å². The highest BCUT2D eigenvalue weighted by Crippen LogP contribution is 2.10. The molecule has 0 saturated heterocycles. The van der Waals surface area contributed by atoms with Crippen LogP contribution >= 0.6 is 0 Å². The highest BCUT2D eigenvalue weighted by atomic mass is 16.1. The molecule has 3 aromatic rings. The van der Waals surface area contributed by atoms with Gasteiger partial charge in [-0.05, 0) is 19.1 Å². The molecule has 2 heterocycles. The number of nitrogens with one attached hydrogen (secondary N) is 3. The molecule has 102 valence electrons. The minimum Gasteiger partial charge on any atom is -0.350 e. The van der Waals surface area contributed by atoms with Crippen molar-refractivity contribution in [2.45, 2.75) is 13.3 Å². The van der Waals surface area contributed by atoms with Gasteiger partial charge in [-0.2, -0.15) is 0 Å². The quantitative estimate of drug-likeness (QED) is 0.672. The fourth-order valence-electron chi connectivity index (χ4n) is 2.05. The minimum absolute atomic E-state index is 0.151. The Morgan fingerprint density at radius 1 is 1.30 bits per heavy atom. The van der Waals surface area contributed by atoms with Gasteiger partial charge in [0.15, 0.2) is 0 Å². The summed E-state index contributed by atoms with van der Waals surface area (Å²) in [6.07, 6.45) is 2.19. The molecular formula is C14H15N5O. The van der Waals surface area contributed by atoms with E-state index in [1.54, 1.807) is 0 Å². The van der Waals surface area contributed by atoms with Gasteiger partial charge >= 0.3 is 0 Å². The normalized spacial score (nSPS) is 10.8. The number of para-hydroxylation sites is 2. The van der Waals surface area contributed by atoms with Gasteiger partial charge in [0.05, 0.1) is 17.2 Å². The van der Waals surface area contributed by atoms with Crippen LogP contribution in [0.3, 0.4) is 0 Å². The third-order valence-corrected chi connectivity index (χ3v) is 3.03. The molecule has 0 aliphatic heterocycles. The monoisotopic (exact) mass is 269 g/mol. The maximum atomic E-state index is 11.8. The van der Waals surface area contributed by atoms with Crippen molar-refractivity contribution in [3.05, 3.63) is 47.8 Å². The van der Waals surface area contributed by atoms with Crippen molar-refractivity contribution in [2.75, 3.05) is 6.54 Å². The molecule has 0 radical (unpaired) electrons. The highest BCUT2D eigenvalue weighted by molar-refractivity contribution is 5.92. The standard InChI is InChI=1S/C14H15N5O/c1-9-16-8-12(17-9)14(20)15-7-6-13-18-10-4-2-3-5-11(10)19-13/h2-5,8H,6-7H2,1H3,(H,15,20)(H,16,17)(H,18,19). The Kier molecular flexibility index (Phi) is 3.20. The molecule has 3 rings (SSSR count). The number of nitrogens with zero attached hydrogens (tertiary/aromatic N) is 2. The second-order valence-electron chi connectivity index (χ2n) is 4.59. The van der Waals surface area contributed by atoms with Crippen molar-refractivity contribution in [1.82, 2.24) is 25.3 Å². The number of imidazole rings is 2. The first-order chi connectivity index (χ1) is 9.72. The third-order valence-electron chi connectivity index (χ3n) is 3.03. The van der Waals surface area contributed by atoms with Crippen LogP contribution in [0.2, 0.25) is 0 Å². The zero-order chi connectivity index (χ0) is 13.9. The number of aromatic nitrogens is 4. The lowest BCUT2D eigenvalue weighted by molar-refractivity contribution is 0.0949. The summed E-state index contributed by atoms with van der Waals surface area (Å²) in [4.78, 5) is 26.4. The topological polar surface area (TPSA) is 86.5 Å². The van der Waals surface area contributed by atoms with E-state index in [2.05, 4.69) is 25.3 Å². The van der Waals surface area contributed by atoms with E-state index in [0.717, 1.165) is 22.7 Å². The molecule has 0 bridgehead atoms. The number of hydrogen-bond donors (Lipinski definition) is 3. The fraction of sp³-hybridized carbons (Fsp3) is 0.214. The lowest BCUT2D eigenvalue weighted by Crippen LogP contribution is -2.26. The van der Waals surface area contributed by atoms with Crippen molar-refractivity contribution < 1.29 is 4.79 Å². The smallest absolute Gasteiger partial charge is 0.269 e. The lowest BCUT2D eigenvalue weighted by Gasteiger charge is -2.01. The molecule has 6 heteroatoms. The SMILES string of the molecule is Cc1ncc(C(=O)NCCc2nc3ccccc3[nH]2)[nH]1. The van der Waals surface area contributed by atoms with E-state index in [-0.39, 0.29) is 5.91 Å². The average Bonchev–Trinajstić information content (AvgIpc) is 3.04. The van der Waals surface area contributed by atoms with Crippen molar-refractivity contribution in [3.63, 3.8) is 0 Å². The summed E-state index contributed by atoms with van der Waals surface area (Å²) in [7, 11) is 0. The summed E-state index contributed by atoms with van der Waals surface area (Å²) in [6, 6.07) is 7.86. The molecule has 20 heavy (non-hydrogen) atoms. The molecule has 3 N–H and O–H groups in total. The second-order valence-corrected chi connectivity index (χ2v) is 4.59. The van der Waals surface area contributed by atoms with Crippen molar-refractivity contribution in [3.8, 4) is 0 Å². The van der Waals surface area contributed by atoms with Crippen LogP contribution in [0.1, 0.15) is 22.1 Å². The van der Waals surface area contributed by atoms with E-state index in [1.807, 2.05) is 31.2 Å². The fourth-order valence-corrected chi connectivity index (χ4v) is 2.05. The number of rotatable bonds is 4. The molecule has 0 unspecified atom stereocenters. The van der Waals surface area contributed by atoms with Gasteiger partial charge in [0, 0.05) is 13.0 Å². The van der Waals surface area contributed by atoms with Gasteiger partial charge in [-0.15, -0.1) is 0 Å². The number of aromatic amines is 2. The van der Waals surface area contributed by atoms with E-state index >= 15 is 0 Å². The minimum atomic E-state index is -0.151. The average molecular weight is 269 g/mol. The molecule has 0 saturated carbocycles. The van der Waals surface area contributed by atoms with E-state index in [9.17, 15) is 4.79 Å². The van der Waals surface area contributed by atoms with Crippen LogP contribution in [0.4, 0.5) is 0 Å². The first kappa shape index (κ1) is 12.4. The number of carbonyl (C=O) groups is 1. The maximum absolute atomic E-state index is 11.8. The van der Waals surface area contributed by atoms with Crippen LogP contribution < -0.4 is 5.32 Å². The molecule has 0 aliphatic rings. The Morgan fingerprint density at radius 2 is 2.15 bits per heavy atom. The molecule has 2 aromatic heterocycles. The van der Waals surface area contributed by atoms with Gasteiger partial charge in [0.2, 0.25) is 0 Å². The number of fused-ring (bicyclic) bond motifs is 1. The predicted octanol–water partition coefficient (Wildman–Crippen LogP) is 1.57. The zero-order valence-electron chi connectivity index (χ0n) is 11.1. The molecule has 6 nitrogen and oxygen atoms in total. The summed E-state index contributed by atoms with van der Waals surface area (Å²) in [5.41, 5.74) is 2.43. The first-order valence-corrected chi connectivity index (χ1v) is 6.46. The zero-order valence-corrected chi connectivity index (χ0v) is 11.1. The van der Waals surface area contributed by atoms with Crippen LogP contribution in [0.5, 0.6) is 0 Å². The third kappa shape index (κ3) is 2.54. The summed E-state index contributed by atoms with van der Waals surface area (Å²) >= 11 is 0. The van der Waals surface area contributed by atoms with Gasteiger partial charge < -0.3 is 15.3 Å². The Hall–Kier alpha value is -2.63. The Bertz CT molecular complexity index is 710. The largest absolute Gasteiger partial charge is 0.350 e. The molecule has 0 fully saturated rings. The maximum Gasteiger partial charge on any atom is 0.269 e. The molecule has 1 amide bonds. The Labute approximate surface area is 115 Å². The number of benzene rings is 1. The van der Waals surface area contributed by atoms with Gasteiger partial charge in [-0.3, -0.25) is 4.79 Å². The number of hydrogen-bond acceptors (Lipinski definition) is 3. The summed E-state index contributed by atoms with van der Waals surface area (Å²) in [5.74, 6) is 1.45. The number of aryl methyl sites for hydroxylation is 1. The molecule has 0 aliphatic carbocycles. The first-order valence-electron chi connectivity index (χ1n) is 6.46. The van der Waals surface area contributed by atoms with Crippen LogP contribution in [0.15, 0.2) is 30.5 Å². The lowest BCUT2D eigenvalue weighted by atomic mass is 10.3. The molecule has 0 spiro atoms. The van der Waals surface area contributed by atoms with Crippen LogP contribution in [0.25, 0.3) is 11.0 Å². The number of H-pyrrole nitrogens is 2. The number of amides is 1. The van der Waals surface area contributed by atoms with Crippen LogP contribution in [0, 0.1) is 6.92 Å². The van der Waals surface area contributed by atoms with E-state index in [0.29, 0.717) is 18.7 Å². The van der Waals surface area contributed by atoms with E-state index in [4.69, 9.17) is 0 Å². The van der Waals surface area contributed by atoms with Crippen molar-refractivity contribution in [2.24, 2.45) is 0 Å². The van der Waals surface area contributed by atoms with Gasteiger partial charge in [0.25, 0.3) is 5.91 Å². The molecule has 1 aromatic carbocycles. The van der Waals surface area contributed by atoms with Gasteiger partial charge in [-0.25, -0.2) is 9.97 Å². The van der Waals surface area contributed by atoms with Gasteiger partial charge in [0.1, 0.15) is 17.3 Å². The highest BCUT2D eigenvalue weighted by Gasteiger charge is 2.08. The van der Waals surface area contributed by atoms with E-state index < -0.39 is 0 Å². The van der Waals surface area contributed by atoms with E-state index in [1.165, 1.54) is 6.20 Å². The molecule has 0 atom stereocenters. The second kappa shape index (κ2) is 5.16. The van der Waals surface area contributed by atoms with Crippen molar-refractivity contribution in [1.29, 1.82) is 0 Å². The number of carbonyl (C=O) groups excluding carboxylic acids is 1. The Morgan fingerprint density at radius 3 is 2.90 bits per heavy atom. The molecular weight excluding hydrogens is 254 g/mol. The summed E-state index contributed by atoms with van der Waals surface area (Å²) in [5, 5.41) is 2.83. The summed E-state index contributed by atoms with van der Waals surface area (Å²) < 4.78 is 0. The van der Waals surface area contributed by atoms with Gasteiger partial charge in [-0.1, -0.05) is 12.1 Å². The van der Waals surface area contributed by atoms with Crippen LogP contribution in [-0.4, -0.2) is 32.4 Å². The Balaban J connectivity index is 1.58. The predicted molar refractivity (Wildman–Crippen MR) is 75.5 cm³/mol. The summed E-state index contributed by atoms with van der Waals surface area (Å²) in [6.45, 7) is 2.34. The van der Waals surface area contributed by atoms with Crippen molar-refractivity contribution >= 4 is 16.9 Å².